The van der Waals surface area contributed by atoms with E-state index in [1.807, 2.05) is 77.9 Å². The summed E-state index contributed by atoms with van der Waals surface area (Å²) < 4.78 is 6.07. The maximum atomic E-state index is 12.7. The van der Waals surface area contributed by atoms with Crippen molar-refractivity contribution in [2.75, 3.05) is 6.61 Å². The third-order valence-corrected chi connectivity index (χ3v) is 5.52. The number of aromatic hydroxyl groups is 1. The predicted molar refractivity (Wildman–Crippen MR) is 128 cm³/mol. The largest absolute Gasteiger partial charge is 0.507 e. The van der Waals surface area contributed by atoms with Gasteiger partial charge in [0, 0.05) is 21.2 Å². The van der Waals surface area contributed by atoms with Crippen molar-refractivity contribution in [1.29, 1.82) is 5.26 Å². The van der Waals surface area contributed by atoms with Crippen LogP contribution in [-0.2, 0) is 20.4 Å². The number of rotatable bonds is 4. The number of benzene rings is 2. The van der Waals surface area contributed by atoms with Gasteiger partial charge in [0.15, 0.2) is 0 Å². The minimum absolute atomic E-state index is 0.0606. The third kappa shape index (κ3) is 5.57. The van der Waals surface area contributed by atoms with Crippen LogP contribution in [-0.4, -0.2) is 17.7 Å². The summed E-state index contributed by atoms with van der Waals surface area (Å²) in [6.07, 6.45) is 0. The monoisotopic (exact) mass is 483 g/mol. The summed E-state index contributed by atoms with van der Waals surface area (Å²) in [5, 5.41) is 21.0. The second kappa shape index (κ2) is 9.28. The van der Waals surface area contributed by atoms with Crippen molar-refractivity contribution in [3.63, 3.8) is 0 Å². The van der Waals surface area contributed by atoms with E-state index in [1.165, 1.54) is 0 Å². The molecule has 164 valence electrons. The molecule has 5 heteroatoms. The molecule has 0 radical (unpaired) electrons. The Labute approximate surface area is 193 Å². The highest BCUT2D eigenvalue weighted by molar-refractivity contribution is 9.10. The average Bonchev–Trinajstić information content (AvgIpc) is 2.65. The third-order valence-electron chi connectivity index (χ3n) is 4.99. The molecule has 0 bridgehead atoms. The van der Waals surface area contributed by atoms with Crippen LogP contribution in [0.15, 0.2) is 46.4 Å². The first-order chi connectivity index (χ1) is 14.3. The van der Waals surface area contributed by atoms with Crippen LogP contribution < -0.4 is 0 Å². The molecule has 0 aliphatic heterocycles. The zero-order valence-electron chi connectivity index (χ0n) is 19.3. The average molecular weight is 484 g/mol. The standard InChI is InChI=1S/C26H30BrNO3/c1-8-31-24(30)19(15-28)22(16-9-11-18(27)12-10-16)17-13-20(25(2,3)4)23(29)21(14-17)26(5,6)7/h9-14,29H,8H2,1-7H3. The van der Waals surface area contributed by atoms with Crippen molar-refractivity contribution < 1.29 is 14.6 Å². The van der Waals surface area contributed by atoms with E-state index in [9.17, 15) is 15.2 Å². The molecule has 4 nitrogen and oxygen atoms in total. The van der Waals surface area contributed by atoms with Crippen molar-refractivity contribution >= 4 is 27.5 Å². The number of hydrogen-bond acceptors (Lipinski definition) is 4. The SMILES string of the molecule is CCOC(=O)C(C#N)=C(c1ccc(Br)cc1)c1cc(C(C)(C)C)c(O)c(C(C)(C)C)c1. The highest BCUT2D eigenvalue weighted by Gasteiger charge is 2.29. The highest BCUT2D eigenvalue weighted by Crippen LogP contribution is 2.42. The van der Waals surface area contributed by atoms with Crippen LogP contribution >= 0.6 is 15.9 Å². The molecule has 2 aromatic rings. The van der Waals surface area contributed by atoms with E-state index in [0.717, 1.165) is 21.2 Å². The second-order valence-corrected chi connectivity index (χ2v) is 10.4. The number of phenolic OH excluding ortho intramolecular Hbond substituents is 1. The molecule has 2 aromatic carbocycles. The van der Waals surface area contributed by atoms with Gasteiger partial charge in [-0.3, -0.25) is 0 Å². The number of phenols is 1. The van der Waals surface area contributed by atoms with Gasteiger partial charge in [0.25, 0.3) is 0 Å². The van der Waals surface area contributed by atoms with Gasteiger partial charge < -0.3 is 9.84 Å². The lowest BCUT2D eigenvalue weighted by atomic mass is 9.77. The molecule has 0 unspecified atom stereocenters. The molecule has 0 saturated heterocycles. The lowest BCUT2D eigenvalue weighted by Gasteiger charge is -2.29. The number of ether oxygens (including phenoxy) is 1. The van der Waals surface area contributed by atoms with Gasteiger partial charge >= 0.3 is 5.97 Å². The van der Waals surface area contributed by atoms with Gasteiger partial charge in [-0.25, -0.2) is 4.79 Å². The summed E-state index contributed by atoms with van der Waals surface area (Å²) in [4.78, 5) is 12.7. The predicted octanol–water partition coefficient (Wildman–Crippen LogP) is 6.64. The fraction of sp³-hybridized carbons (Fsp3) is 0.385. The topological polar surface area (TPSA) is 70.3 Å². The van der Waals surface area contributed by atoms with Crippen molar-refractivity contribution in [3.05, 3.63) is 68.7 Å². The lowest BCUT2D eigenvalue weighted by molar-refractivity contribution is -0.137. The molecular formula is C26H30BrNO3. The van der Waals surface area contributed by atoms with Crippen LogP contribution in [0.25, 0.3) is 5.57 Å². The summed E-state index contributed by atoms with van der Waals surface area (Å²) >= 11 is 3.44. The molecule has 0 saturated carbocycles. The summed E-state index contributed by atoms with van der Waals surface area (Å²) in [7, 11) is 0. The van der Waals surface area contributed by atoms with Crippen molar-refractivity contribution in [2.45, 2.75) is 59.3 Å². The minimum atomic E-state index is -0.661. The zero-order valence-corrected chi connectivity index (χ0v) is 20.8. The Morgan fingerprint density at radius 1 is 1.00 bits per heavy atom. The number of carbonyl (C=O) groups is 1. The summed E-state index contributed by atoms with van der Waals surface area (Å²) in [6.45, 7) is 14.0. The Hall–Kier alpha value is -2.58. The maximum Gasteiger partial charge on any atom is 0.349 e. The van der Waals surface area contributed by atoms with Crippen molar-refractivity contribution in [2.24, 2.45) is 0 Å². The second-order valence-electron chi connectivity index (χ2n) is 9.51. The molecule has 0 aliphatic rings. The molecule has 0 spiro atoms. The minimum Gasteiger partial charge on any atom is -0.507 e. The van der Waals surface area contributed by atoms with E-state index in [0.29, 0.717) is 11.1 Å². The number of hydrogen-bond donors (Lipinski definition) is 1. The summed E-state index contributed by atoms with van der Waals surface area (Å²) in [5.41, 5.74) is 2.66. The van der Waals surface area contributed by atoms with Gasteiger partial charge in [0.05, 0.1) is 6.61 Å². The number of nitrogens with zero attached hydrogens (tertiary/aromatic N) is 1. The quantitative estimate of drug-likeness (QED) is 0.300. The van der Waals surface area contributed by atoms with Crippen LogP contribution in [0.3, 0.4) is 0 Å². The van der Waals surface area contributed by atoms with Gasteiger partial charge in [0.1, 0.15) is 17.4 Å². The van der Waals surface area contributed by atoms with Crippen LogP contribution in [0.2, 0.25) is 0 Å². The Morgan fingerprint density at radius 3 is 1.87 bits per heavy atom. The molecule has 0 fully saturated rings. The van der Waals surface area contributed by atoms with E-state index < -0.39 is 5.97 Å². The molecule has 1 N–H and O–H groups in total. The number of esters is 1. The van der Waals surface area contributed by atoms with E-state index in [2.05, 4.69) is 22.0 Å². The van der Waals surface area contributed by atoms with Crippen LogP contribution in [0.5, 0.6) is 5.75 Å². The van der Waals surface area contributed by atoms with Gasteiger partial charge in [0.2, 0.25) is 0 Å². The van der Waals surface area contributed by atoms with Gasteiger partial charge in [-0.2, -0.15) is 5.26 Å². The lowest BCUT2D eigenvalue weighted by Crippen LogP contribution is -2.18. The molecule has 0 heterocycles. The molecule has 0 aromatic heterocycles. The number of halogens is 1. The maximum absolute atomic E-state index is 12.7. The first-order valence-corrected chi connectivity index (χ1v) is 11.1. The summed E-state index contributed by atoms with van der Waals surface area (Å²) in [5.74, 6) is -0.417. The van der Waals surface area contributed by atoms with Crippen molar-refractivity contribution in [1.82, 2.24) is 0 Å². The smallest absolute Gasteiger partial charge is 0.349 e. The van der Waals surface area contributed by atoms with E-state index in [-0.39, 0.29) is 28.8 Å². The normalized spacial score (nSPS) is 12.7. The zero-order chi connectivity index (χ0) is 23.6. The van der Waals surface area contributed by atoms with E-state index in [4.69, 9.17) is 4.74 Å². The van der Waals surface area contributed by atoms with E-state index in [1.54, 1.807) is 6.92 Å². The fourth-order valence-electron chi connectivity index (χ4n) is 3.40. The molecular weight excluding hydrogens is 454 g/mol. The number of nitriles is 1. The van der Waals surface area contributed by atoms with Crippen LogP contribution in [0.1, 0.15) is 70.7 Å². The summed E-state index contributed by atoms with van der Waals surface area (Å²) in [6, 6.07) is 13.3. The van der Waals surface area contributed by atoms with Crippen molar-refractivity contribution in [3.8, 4) is 11.8 Å². The fourth-order valence-corrected chi connectivity index (χ4v) is 3.67. The molecule has 31 heavy (non-hydrogen) atoms. The van der Waals surface area contributed by atoms with Crippen LogP contribution in [0.4, 0.5) is 0 Å². The Bertz CT molecular complexity index is 1010. The molecule has 0 atom stereocenters. The molecule has 2 rings (SSSR count). The van der Waals surface area contributed by atoms with Gasteiger partial charge in [-0.05, 0) is 53.1 Å². The van der Waals surface area contributed by atoms with Crippen LogP contribution in [0, 0.1) is 11.3 Å². The molecule has 0 amide bonds. The Kier molecular flexibility index (Phi) is 7.39. The molecule has 0 aliphatic carbocycles. The Morgan fingerprint density at radius 2 is 1.48 bits per heavy atom. The van der Waals surface area contributed by atoms with E-state index >= 15 is 0 Å². The van der Waals surface area contributed by atoms with Gasteiger partial charge in [-0.1, -0.05) is 69.6 Å². The first kappa shape index (κ1) is 24.7. The number of carbonyl (C=O) groups excluding carboxylic acids is 1. The first-order valence-electron chi connectivity index (χ1n) is 10.3. The van der Waals surface area contributed by atoms with Gasteiger partial charge in [-0.15, -0.1) is 0 Å². The Balaban J connectivity index is 3.00. The highest BCUT2D eigenvalue weighted by atomic mass is 79.9.